The highest BCUT2D eigenvalue weighted by atomic mass is 16.4. The zero-order valence-electron chi connectivity index (χ0n) is 8.27. The Hall–Kier alpha value is -0.995. The van der Waals surface area contributed by atoms with Gasteiger partial charge in [0.15, 0.2) is 0 Å². The van der Waals surface area contributed by atoms with Crippen molar-refractivity contribution in [2.24, 2.45) is 5.92 Å². The third kappa shape index (κ3) is 2.50. The molecule has 1 aliphatic heterocycles. The van der Waals surface area contributed by atoms with E-state index in [0.29, 0.717) is 19.3 Å². The SMILES string of the molecule is [B]N1C(=O)CC(C)C1CCCC(=O)O. The maximum Gasteiger partial charge on any atom is 0.303 e. The zero-order valence-corrected chi connectivity index (χ0v) is 8.27. The fourth-order valence-corrected chi connectivity index (χ4v) is 1.86. The number of hydrogen-bond acceptors (Lipinski definition) is 2. The van der Waals surface area contributed by atoms with Crippen LogP contribution in [0.2, 0.25) is 0 Å². The lowest BCUT2D eigenvalue weighted by Crippen LogP contribution is -2.32. The number of carbonyl (C=O) groups excluding carboxylic acids is 1. The molecular formula is C9H14BNO3. The number of carboxylic acid groups (broad SMARTS) is 1. The van der Waals surface area contributed by atoms with Crippen LogP contribution in [0.5, 0.6) is 0 Å². The van der Waals surface area contributed by atoms with Crippen molar-refractivity contribution in [2.75, 3.05) is 0 Å². The number of carbonyl (C=O) groups is 2. The first-order valence-electron chi connectivity index (χ1n) is 4.81. The van der Waals surface area contributed by atoms with E-state index in [2.05, 4.69) is 0 Å². The maximum atomic E-state index is 11.2. The van der Waals surface area contributed by atoms with Crippen LogP contribution in [0.1, 0.15) is 32.6 Å². The molecule has 1 N–H and O–H groups in total. The molecule has 2 radical (unpaired) electrons. The summed E-state index contributed by atoms with van der Waals surface area (Å²) in [6, 6.07) is 0.0156. The summed E-state index contributed by atoms with van der Waals surface area (Å²) in [5, 5.41) is 8.46. The van der Waals surface area contributed by atoms with Gasteiger partial charge in [-0.15, -0.1) is 0 Å². The van der Waals surface area contributed by atoms with Crippen molar-refractivity contribution in [1.29, 1.82) is 0 Å². The van der Waals surface area contributed by atoms with E-state index >= 15 is 0 Å². The Bertz CT molecular complexity index is 244. The fourth-order valence-electron chi connectivity index (χ4n) is 1.86. The van der Waals surface area contributed by atoms with Crippen LogP contribution in [0.25, 0.3) is 0 Å². The molecule has 5 heteroatoms. The molecule has 0 saturated carbocycles. The van der Waals surface area contributed by atoms with Gasteiger partial charge in [-0.05, 0) is 18.8 Å². The second kappa shape index (κ2) is 4.48. The van der Waals surface area contributed by atoms with E-state index in [-0.39, 0.29) is 24.3 Å². The number of rotatable bonds is 4. The van der Waals surface area contributed by atoms with Crippen LogP contribution in [0.4, 0.5) is 0 Å². The van der Waals surface area contributed by atoms with Crippen LogP contribution in [-0.4, -0.2) is 35.8 Å². The monoisotopic (exact) mass is 195 g/mol. The molecule has 14 heavy (non-hydrogen) atoms. The van der Waals surface area contributed by atoms with Gasteiger partial charge in [0.2, 0.25) is 13.9 Å². The second-order valence-corrected chi connectivity index (χ2v) is 3.84. The van der Waals surface area contributed by atoms with E-state index in [4.69, 9.17) is 13.1 Å². The summed E-state index contributed by atoms with van der Waals surface area (Å²) in [6.07, 6.45) is 1.88. The van der Waals surface area contributed by atoms with E-state index < -0.39 is 5.97 Å². The first-order valence-corrected chi connectivity index (χ1v) is 4.81. The molecular weight excluding hydrogens is 181 g/mol. The quantitative estimate of drug-likeness (QED) is 0.666. The number of nitrogens with zero attached hydrogens (tertiary/aromatic N) is 1. The number of hydrogen-bond donors (Lipinski definition) is 1. The van der Waals surface area contributed by atoms with Gasteiger partial charge in [0.1, 0.15) is 0 Å². The first kappa shape index (κ1) is 11.1. The summed E-state index contributed by atoms with van der Waals surface area (Å²) in [4.78, 5) is 22.7. The van der Waals surface area contributed by atoms with E-state index in [9.17, 15) is 9.59 Å². The summed E-state index contributed by atoms with van der Waals surface area (Å²) < 4.78 is 0. The molecule has 0 aromatic heterocycles. The standard InChI is InChI=1S/C9H14BNO3/c1-6-5-8(12)11(10)7(6)3-2-4-9(13)14/h6-7H,2-5H2,1H3,(H,13,14). The predicted molar refractivity (Wildman–Crippen MR) is 51.7 cm³/mol. The molecule has 76 valence electrons. The number of carboxylic acids is 1. The molecule has 1 amide bonds. The minimum absolute atomic E-state index is 0.0156. The lowest BCUT2D eigenvalue weighted by atomic mass is 9.96. The lowest BCUT2D eigenvalue weighted by molar-refractivity contribution is -0.137. The first-order chi connectivity index (χ1) is 6.52. The number of aliphatic carboxylic acids is 1. The van der Waals surface area contributed by atoms with Crippen molar-refractivity contribution in [3.05, 3.63) is 0 Å². The highest BCUT2D eigenvalue weighted by Crippen LogP contribution is 2.26. The van der Waals surface area contributed by atoms with Gasteiger partial charge in [0.25, 0.3) is 0 Å². The molecule has 4 nitrogen and oxygen atoms in total. The van der Waals surface area contributed by atoms with Gasteiger partial charge in [-0.2, -0.15) is 0 Å². The van der Waals surface area contributed by atoms with Crippen LogP contribution < -0.4 is 0 Å². The Labute approximate surface area is 84.7 Å². The highest BCUT2D eigenvalue weighted by molar-refractivity contribution is 6.15. The third-order valence-corrected chi connectivity index (χ3v) is 2.69. The van der Waals surface area contributed by atoms with Crippen LogP contribution in [0.15, 0.2) is 0 Å². The van der Waals surface area contributed by atoms with Gasteiger partial charge >= 0.3 is 5.97 Å². The topological polar surface area (TPSA) is 57.6 Å². The molecule has 0 aromatic carbocycles. The van der Waals surface area contributed by atoms with Gasteiger partial charge in [-0.3, -0.25) is 9.59 Å². The van der Waals surface area contributed by atoms with Crippen LogP contribution in [0.3, 0.4) is 0 Å². The van der Waals surface area contributed by atoms with E-state index in [1.54, 1.807) is 0 Å². The van der Waals surface area contributed by atoms with Gasteiger partial charge in [-0.25, -0.2) is 0 Å². The molecule has 1 fully saturated rings. The second-order valence-electron chi connectivity index (χ2n) is 3.84. The van der Waals surface area contributed by atoms with Gasteiger partial charge in [0, 0.05) is 18.9 Å². The predicted octanol–water partition coefficient (Wildman–Crippen LogP) is 0.562. The number of amides is 1. The Balaban J connectivity index is 2.36. The summed E-state index contributed by atoms with van der Waals surface area (Å²) in [5.41, 5.74) is 0. The third-order valence-electron chi connectivity index (χ3n) is 2.69. The van der Waals surface area contributed by atoms with Crippen molar-refractivity contribution in [3.63, 3.8) is 0 Å². The molecule has 2 unspecified atom stereocenters. The minimum Gasteiger partial charge on any atom is -0.481 e. The Kier molecular flexibility index (Phi) is 3.55. The van der Waals surface area contributed by atoms with Crippen LogP contribution in [-0.2, 0) is 9.59 Å². The smallest absolute Gasteiger partial charge is 0.303 e. The highest BCUT2D eigenvalue weighted by Gasteiger charge is 2.33. The van der Waals surface area contributed by atoms with Crippen molar-refractivity contribution in [1.82, 2.24) is 4.81 Å². The van der Waals surface area contributed by atoms with E-state index in [1.165, 1.54) is 4.81 Å². The maximum absolute atomic E-state index is 11.2. The average molecular weight is 195 g/mol. The average Bonchev–Trinajstić information content (AvgIpc) is 2.31. The molecule has 0 aliphatic carbocycles. The van der Waals surface area contributed by atoms with Crippen LogP contribution in [0, 0.1) is 5.92 Å². The Morgan fingerprint density at radius 3 is 2.79 bits per heavy atom. The lowest BCUT2D eigenvalue weighted by Gasteiger charge is -2.23. The molecule has 1 saturated heterocycles. The molecule has 1 aliphatic rings. The molecule has 1 heterocycles. The largest absolute Gasteiger partial charge is 0.481 e. The van der Waals surface area contributed by atoms with E-state index in [0.717, 1.165) is 0 Å². The van der Waals surface area contributed by atoms with Crippen molar-refractivity contribution in [3.8, 4) is 0 Å². The van der Waals surface area contributed by atoms with Crippen LogP contribution >= 0.6 is 0 Å². The van der Waals surface area contributed by atoms with Gasteiger partial charge in [0.05, 0.1) is 0 Å². The zero-order chi connectivity index (χ0) is 10.7. The molecule has 0 spiro atoms. The Morgan fingerprint density at radius 1 is 1.71 bits per heavy atom. The summed E-state index contributed by atoms with van der Waals surface area (Å²) in [7, 11) is 5.57. The van der Waals surface area contributed by atoms with Gasteiger partial charge in [-0.1, -0.05) is 6.92 Å². The molecule has 2 atom stereocenters. The summed E-state index contributed by atoms with van der Waals surface area (Å²) in [5.74, 6) is -0.607. The molecule has 0 bridgehead atoms. The van der Waals surface area contributed by atoms with Gasteiger partial charge < -0.3 is 9.92 Å². The summed E-state index contributed by atoms with van der Waals surface area (Å²) in [6.45, 7) is 1.97. The van der Waals surface area contributed by atoms with E-state index in [1.807, 2.05) is 6.92 Å². The minimum atomic E-state index is -0.800. The van der Waals surface area contributed by atoms with Crippen molar-refractivity contribution < 1.29 is 14.7 Å². The molecule has 1 rings (SSSR count). The van der Waals surface area contributed by atoms with Crippen molar-refractivity contribution >= 4 is 19.9 Å². The van der Waals surface area contributed by atoms with Crippen molar-refractivity contribution in [2.45, 2.75) is 38.6 Å². The summed E-state index contributed by atoms with van der Waals surface area (Å²) >= 11 is 0. The normalized spacial score (nSPS) is 26.9. The Morgan fingerprint density at radius 2 is 2.36 bits per heavy atom. The molecule has 0 aromatic rings. The fraction of sp³-hybridized carbons (Fsp3) is 0.778.